The highest BCUT2D eigenvalue weighted by molar-refractivity contribution is 7.98. The number of thioether (sulfide) groups is 1. The molecule has 1 fully saturated rings. The first-order chi connectivity index (χ1) is 12.2. The smallest absolute Gasteiger partial charge is 0.223 e. The number of amides is 1. The second-order valence-electron chi connectivity index (χ2n) is 5.89. The second-order valence-corrected chi connectivity index (χ2v) is 7.69. The van der Waals surface area contributed by atoms with Crippen molar-refractivity contribution in [1.29, 1.82) is 0 Å². The molecule has 0 spiro atoms. The van der Waals surface area contributed by atoms with Gasteiger partial charge in [-0.3, -0.25) is 4.79 Å². The molecular weight excluding hydrogens is 354 g/mol. The Bertz CT molecular complexity index is 886. The molecule has 0 saturated heterocycles. The van der Waals surface area contributed by atoms with Crippen molar-refractivity contribution in [3.63, 3.8) is 0 Å². The Morgan fingerprint density at radius 1 is 1.32 bits per heavy atom. The lowest BCUT2D eigenvalue weighted by Gasteiger charge is -2.03. The van der Waals surface area contributed by atoms with E-state index < -0.39 is 0 Å². The Hall–Kier alpha value is -2.19. The number of hydrogen-bond donors (Lipinski definition) is 1. The number of rotatable bonds is 6. The number of para-hydroxylation sites is 1. The SMILES string of the molecule is CC(=O)Nc1nc(CSc2nc(C3CC3)n(-c3ccccc3)n2)cs1. The molecule has 1 saturated carbocycles. The average Bonchev–Trinajstić information content (AvgIpc) is 3.21. The number of nitrogens with one attached hydrogen (secondary N) is 1. The van der Waals surface area contributed by atoms with E-state index in [0.29, 0.717) is 16.8 Å². The molecular formula is C17H17N5OS2. The maximum atomic E-state index is 11.1. The van der Waals surface area contributed by atoms with Gasteiger partial charge in [-0.25, -0.2) is 14.6 Å². The molecule has 1 aromatic carbocycles. The molecule has 1 N–H and O–H groups in total. The van der Waals surface area contributed by atoms with Crippen LogP contribution in [0.3, 0.4) is 0 Å². The summed E-state index contributed by atoms with van der Waals surface area (Å²) in [6, 6.07) is 10.1. The van der Waals surface area contributed by atoms with Crippen LogP contribution < -0.4 is 5.32 Å². The Balaban J connectivity index is 1.49. The molecule has 25 heavy (non-hydrogen) atoms. The van der Waals surface area contributed by atoms with Crippen LogP contribution in [0, 0.1) is 0 Å². The highest BCUT2D eigenvalue weighted by Gasteiger charge is 2.30. The Morgan fingerprint density at radius 3 is 2.84 bits per heavy atom. The fourth-order valence-electron chi connectivity index (χ4n) is 2.45. The lowest BCUT2D eigenvalue weighted by Crippen LogP contribution is -2.05. The molecule has 3 aromatic rings. The first-order valence-corrected chi connectivity index (χ1v) is 9.93. The summed E-state index contributed by atoms with van der Waals surface area (Å²) >= 11 is 3.00. The molecule has 4 rings (SSSR count). The maximum absolute atomic E-state index is 11.1. The lowest BCUT2D eigenvalue weighted by atomic mass is 10.3. The van der Waals surface area contributed by atoms with Crippen LogP contribution in [0.15, 0.2) is 40.9 Å². The van der Waals surface area contributed by atoms with Gasteiger partial charge in [-0.15, -0.1) is 16.4 Å². The molecule has 0 bridgehead atoms. The molecule has 128 valence electrons. The number of nitrogens with zero attached hydrogens (tertiary/aromatic N) is 4. The maximum Gasteiger partial charge on any atom is 0.223 e. The van der Waals surface area contributed by atoms with Crippen molar-refractivity contribution < 1.29 is 4.79 Å². The van der Waals surface area contributed by atoms with Gasteiger partial charge in [-0.05, 0) is 25.0 Å². The summed E-state index contributed by atoms with van der Waals surface area (Å²) in [4.78, 5) is 20.2. The van der Waals surface area contributed by atoms with E-state index in [4.69, 9.17) is 4.98 Å². The van der Waals surface area contributed by atoms with Crippen molar-refractivity contribution in [2.75, 3.05) is 5.32 Å². The third kappa shape index (κ3) is 3.91. The molecule has 2 aromatic heterocycles. The molecule has 6 nitrogen and oxygen atoms in total. The minimum atomic E-state index is -0.106. The van der Waals surface area contributed by atoms with E-state index in [-0.39, 0.29) is 5.91 Å². The number of carbonyl (C=O) groups excluding carboxylic acids is 1. The van der Waals surface area contributed by atoms with E-state index in [1.54, 1.807) is 11.8 Å². The number of benzene rings is 1. The zero-order chi connectivity index (χ0) is 17.2. The Labute approximate surface area is 153 Å². The van der Waals surface area contributed by atoms with Gasteiger partial charge in [0.25, 0.3) is 0 Å². The normalized spacial score (nSPS) is 13.8. The van der Waals surface area contributed by atoms with Crippen LogP contribution in [-0.4, -0.2) is 25.7 Å². The van der Waals surface area contributed by atoms with Gasteiger partial charge < -0.3 is 5.32 Å². The minimum absolute atomic E-state index is 0.106. The van der Waals surface area contributed by atoms with Gasteiger partial charge in [-0.2, -0.15) is 0 Å². The summed E-state index contributed by atoms with van der Waals surface area (Å²) in [7, 11) is 0. The van der Waals surface area contributed by atoms with Gasteiger partial charge in [0.1, 0.15) is 5.82 Å². The van der Waals surface area contributed by atoms with Crippen LogP contribution in [0.5, 0.6) is 0 Å². The quantitative estimate of drug-likeness (QED) is 0.666. The van der Waals surface area contributed by atoms with Crippen molar-refractivity contribution in [2.24, 2.45) is 0 Å². The van der Waals surface area contributed by atoms with Crippen molar-refractivity contribution >= 4 is 34.1 Å². The molecule has 0 radical (unpaired) electrons. The van der Waals surface area contributed by atoms with E-state index in [9.17, 15) is 4.79 Å². The van der Waals surface area contributed by atoms with Crippen molar-refractivity contribution in [2.45, 2.75) is 36.6 Å². The van der Waals surface area contributed by atoms with Crippen LogP contribution in [0.25, 0.3) is 5.69 Å². The lowest BCUT2D eigenvalue weighted by molar-refractivity contribution is -0.114. The van der Waals surface area contributed by atoms with Crippen LogP contribution in [0.1, 0.15) is 37.2 Å². The van der Waals surface area contributed by atoms with E-state index >= 15 is 0 Å². The summed E-state index contributed by atoms with van der Waals surface area (Å²) in [6.45, 7) is 1.48. The summed E-state index contributed by atoms with van der Waals surface area (Å²) in [6.07, 6.45) is 2.36. The van der Waals surface area contributed by atoms with Gasteiger partial charge in [0, 0.05) is 24.0 Å². The highest BCUT2D eigenvalue weighted by Crippen LogP contribution is 2.40. The zero-order valence-electron chi connectivity index (χ0n) is 13.7. The largest absolute Gasteiger partial charge is 0.302 e. The van der Waals surface area contributed by atoms with E-state index in [2.05, 4.69) is 27.5 Å². The molecule has 0 atom stereocenters. The van der Waals surface area contributed by atoms with E-state index in [1.807, 2.05) is 28.3 Å². The van der Waals surface area contributed by atoms with Crippen molar-refractivity contribution in [3.8, 4) is 5.69 Å². The monoisotopic (exact) mass is 371 g/mol. The third-order valence-electron chi connectivity index (χ3n) is 3.74. The van der Waals surface area contributed by atoms with E-state index in [1.165, 1.54) is 31.1 Å². The average molecular weight is 371 g/mol. The van der Waals surface area contributed by atoms with Gasteiger partial charge in [-0.1, -0.05) is 30.0 Å². The van der Waals surface area contributed by atoms with Crippen LogP contribution in [0.2, 0.25) is 0 Å². The van der Waals surface area contributed by atoms with Gasteiger partial charge >= 0.3 is 0 Å². The van der Waals surface area contributed by atoms with E-state index in [0.717, 1.165) is 22.4 Å². The molecule has 8 heteroatoms. The van der Waals surface area contributed by atoms with Crippen molar-refractivity contribution in [1.82, 2.24) is 19.7 Å². The Kier molecular flexibility index (Phi) is 4.54. The van der Waals surface area contributed by atoms with Crippen molar-refractivity contribution in [3.05, 3.63) is 47.2 Å². The molecule has 0 aliphatic heterocycles. The number of anilines is 1. The predicted octanol–water partition coefficient (Wildman–Crippen LogP) is 3.85. The summed E-state index contributed by atoms with van der Waals surface area (Å²) in [5, 5.41) is 10.7. The topological polar surface area (TPSA) is 72.7 Å². The minimum Gasteiger partial charge on any atom is -0.302 e. The first-order valence-electron chi connectivity index (χ1n) is 8.06. The van der Waals surface area contributed by atoms with Crippen LogP contribution in [0.4, 0.5) is 5.13 Å². The van der Waals surface area contributed by atoms with Gasteiger partial charge in [0.05, 0.1) is 11.4 Å². The fraction of sp³-hybridized carbons (Fsp3) is 0.294. The van der Waals surface area contributed by atoms with Crippen LogP contribution >= 0.6 is 23.1 Å². The van der Waals surface area contributed by atoms with Gasteiger partial charge in [0.2, 0.25) is 11.1 Å². The first kappa shape index (κ1) is 16.3. The summed E-state index contributed by atoms with van der Waals surface area (Å²) in [5.41, 5.74) is 1.97. The van der Waals surface area contributed by atoms with Crippen LogP contribution in [-0.2, 0) is 10.5 Å². The van der Waals surface area contributed by atoms with Gasteiger partial charge in [0.15, 0.2) is 5.13 Å². The molecule has 1 amide bonds. The fourth-order valence-corrected chi connectivity index (χ4v) is 4.03. The zero-order valence-corrected chi connectivity index (χ0v) is 15.3. The Morgan fingerprint density at radius 2 is 2.12 bits per heavy atom. The molecule has 2 heterocycles. The standard InChI is InChI=1S/C17H17N5OS2/c1-11(23)18-16-19-13(9-24-16)10-25-17-20-15(12-7-8-12)22(21-17)14-5-3-2-4-6-14/h2-6,9,12H,7-8,10H2,1H3,(H,18,19,23). The highest BCUT2D eigenvalue weighted by atomic mass is 32.2. The number of hydrogen-bond acceptors (Lipinski definition) is 6. The number of carbonyl (C=O) groups is 1. The third-order valence-corrected chi connectivity index (χ3v) is 5.42. The summed E-state index contributed by atoms with van der Waals surface area (Å²) in [5.74, 6) is 2.14. The molecule has 0 unspecified atom stereocenters. The number of aromatic nitrogens is 4. The number of thiazole rings is 1. The second kappa shape index (κ2) is 6.97. The molecule has 1 aliphatic carbocycles. The summed E-state index contributed by atoms with van der Waals surface area (Å²) < 4.78 is 1.96. The molecule has 1 aliphatic rings. The predicted molar refractivity (Wildman–Crippen MR) is 99.3 cm³/mol.